The van der Waals surface area contributed by atoms with E-state index in [1.54, 1.807) is 6.07 Å². The van der Waals surface area contributed by atoms with Gasteiger partial charge in [0.05, 0.1) is 24.5 Å². The van der Waals surface area contributed by atoms with Crippen LogP contribution in [0.4, 0.5) is 0 Å². The molecule has 194 valence electrons. The van der Waals surface area contributed by atoms with Gasteiger partial charge in [-0.2, -0.15) is 0 Å². The maximum absolute atomic E-state index is 13.2. The van der Waals surface area contributed by atoms with Crippen LogP contribution in [-0.2, 0) is 16.2 Å². The molecule has 0 saturated carbocycles. The van der Waals surface area contributed by atoms with Gasteiger partial charge in [-0.15, -0.1) is 0 Å². The highest BCUT2D eigenvalue weighted by Crippen LogP contribution is 2.47. The number of imide groups is 1. The third-order valence-electron chi connectivity index (χ3n) is 7.32. The maximum Gasteiger partial charge on any atom is 0.233 e. The van der Waals surface area contributed by atoms with E-state index in [1.807, 2.05) is 19.1 Å². The van der Waals surface area contributed by atoms with E-state index in [0.717, 1.165) is 42.4 Å². The van der Waals surface area contributed by atoms with Gasteiger partial charge in [0.2, 0.25) is 11.8 Å². The molecule has 1 aromatic rings. The summed E-state index contributed by atoms with van der Waals surface area (Å²) >= 11 is 0. The summed E-state index contributed by atoms with van der Waals surface area (Å²) in [6.07, 6.45) is 6.91. The molecule has 2 aliphatic rings. The fourth-order valence-electron chi connectivity index (χ4n) is 5.83. The summed E-state index contributed by atoms with van der Waals surface area (Å²) in [5.74, 6) is -0.690. The first-order chi connectivity index (χ1) is 16.9. The molecule has 0 aromatic carbocycles. The van der Waals surface area contributed by atoms with Crippen molar-refractivity contribution in [2.24, 2.45) is 17.8 Å². The van der Waals surface area contributed by atoms with Crippen molar-refractivity contribution in [2.45, 2.75) is 84.8 Å². The fourth-order valence-corrected chi connectivity index (χ4v) is 5.83. The Balaban J connectivity index is 1.84. The Morgan fingerprint density at radius 3 is 2.49 bits per heavy atom. The maximum atomic E-state index is 13.2. The highest BCUT2D eigenvalue weighted by atomic mass is 16.4. The number of carbonyl (C=O) groups excluding carboxylic acids is 2. The highest BCUT2D eigenvalue weighted by molar-refractivity contribution is 6.05. The largest absolute Gasteiger partial charge is 0.459 e. The first kappa shape index (κ1) is 27.4. The fraction of sp³-hybridized carbons (Fsp3) is 0.643. The molecule has 3 rings (SSSR count). The molecule has 0 unspecified atom stereocenters. The van der Waals surface area contributed by atoms with Gasteiger partial charge < -0.3 is 19.7 Å². The molecule has 0 radical (unpaired) electrons. The molecular formula is C28H41NO6. The Labute approximate surface area is 208 Å². The summed E-state index contributed by atoms with van der Waals surface area (Å²) in [7, 11) is 0. The predicted octanol–water partition coefficient (Wildman–Crippen LogP) is 4.22. The van der Waals surface area contributed by atoms with Crippen LogP contribution in [0.5, 0.6) is 0 Å². The number of rotatable bonds is 13. The number of amides is 2. The van der Waals surface area contributed by atoms with Gasteiger partial charge in [0.15, 0.2) is 0 Å². The Morgan fingerprint density at radius 1 is 1.11 bits per heavy atom. The van der Waals surface area contributed by atoms with Gasteiger partial charge >= 0.3 is 0 Å². The van der Waals surface area contributed by atoms with Crippen LogP contribution >= 0.6 is 0 Å². The van der Waals surface area contributed by atoms with Crippen LogP contribution < -0.4 is 0 Å². The van der Waals surface area contributed by atoms with E-state index < -0.39 is 23.9 Å². The summed E-state index contributed by atoms with van der Waals surface area (Å²) in [5, 5.41) is 31.0. The van der Waals surface area contributed by atoms with Crippen molar-refractivity contribution < 1.29 is 29.3 Å². The second-order valence-electron chi connectivity index (χ2n) is 9.83. The molecule has 0 bridgehead atoms. The lowest BCUT2D eigenvalue weighted by Gasteiger charge is -2.36. The Kier molecular flexibility index (Phi) is 9.89. The molecule has 7 nitrogen and oxygen atoms in total. The third kappa shape index (κ3) is 5.96. The molecule has 1 aromatic heterocycles. The second-order valence-corrected chi connectivity index (χ2v) is 9.83. The summed E-state index contributed by atoms with van der Waals surface area (Å²) < 4.78 is 5.61. The molecule has 0 spiro atoms. The summed E-state index contributed by atoms with van der Waals surface area (Å²) in [6, 6.07) is 3.57. The zero-order valence-electron chi connectivity index (χ0n) is 21.3. The quantitative estimate of drug-likeness (QED) is 0.284. The Hall–Kier alpha value is -2.22. The van der Waals surface area contributed by atoms with Crippen LogP contribution in [0.1, 0.15) is 83.7 Å². The highest BCUT2D eigenvalue weighted by Gasteiger charge is 2.54. The summed E-state index contributed by atoms with van der Waals surface area (Å²) in [6.45, 7) is 6.10. The minimum absolute atomic E-state index is 0.128. The molecule has 3 N–H and O–H groups in total. The first-order valence-corrected chi connectivity index (χ1v) is 13.1. The van der Waals surface area contributed by atoms with E-state index in [0.29, 0.717) is 43.7 Å². The molecule has 7 heteroatoms. The Morgan fingerprint density at radius 2 is 1.89 bits per heavy atom. The zero-order chi connectivity index (χ0) is 25.5. The van der Waals surface area contributed by atoms with Crippen molar-refractivity contribution in [2.75, 3.05) is 13.2 Å². The molecule has 1 fully saturated rings. The van der Waals surface area contributed by atoms with Crippen LogP contribution in [0.2, 0.25) is 0 Å². The standard InChI is InChI=1S/C28H41NO6/c1-4-7-18(14-20-10-11-21(16-30)35-20)9-12-24(32)25-19(8-5-2)15-22-26(23(25)17-31)28(34)29(13-6-3)27(22)33/h10-11,14,22-24,26,30-32H,4-9,12-13,15-17H2,1-3H3/b18-14+/t22-,23+,24-,26-/m1/s1. The molecule has 1 aliphatic carbocycles. The predicted molar refractivity (Wildman–Crippen MR) is 134 cm³/mol. The molecule has 35 heavy (non-hydrogen) atoms. The number of allylic oxidation sites excluding steroid dienone is 2. The van der Waals surface area contributed by atoms with E-state index in [9.17, 15) is 24.9 Å². The number of hydrogen-bond acceptors (Lipinski definition) is 6. The Bertz CT molecular complexity index is 945. The SMILES string of the molecule is CCCC1=C([C@H](O)CC/C(=C/c2ccc(CO)o2)CCC)[C@H](CO)[C@@H]2C(=O)N(CCC)C(=O)[C@@H]2C1. The number of aliphatic hydroxyl groups is 3. The van der Waals surface area contributed by atoms with Crippen molar-refractivity contribution >= 4 is 17.9 Å². The average Bonchev–Trinajstić information content (AvgIpc) is 3.40. The van der Waals surface area contributed by atoms with Crippen LogP contribution in [0, 0.1) is 17.8 Å². The second kappa shape index (κ2) is 12.7. The minimum atomic E-state index is -0.789. The van der Waals surface area contributed by atoms with Crippen LogP contribution in [0.25, 0.3) is 6.08 Å². The van der Waals surface area contributed by atoms with Gasteiger partial charge in [-0.25, -0.2) is 0 Å². The number of nitrogens with zero attached hydrogens (tertiary/aromatic N) is 1. The normalized spacial score (nSPS) is 23.9. The number of hydrogen-bond donors (Lipinski definition) is 3. The molecule has 2 amide bonds. The van der Waals surface area contributed by atoms with Gasteiger partial charge in [-0.3, -0.25) is 14.5 Å². The van der Waals surface area contributed by atoms with Crippen LogP contribution in [0.3, 0.4) is 0 Å². The van der Waals surface area contributed by atoms with Crippen molar-refractivity contribution in [1.29, 1.82) is 0 Å². The summed E-state index contributed by atoms with van der Waals surface area (Å²) in [4.78, 5) is 27.6. The van der Waals surface area contributed by atoms with E-state index >= 15 is 0 Å². The van der Waals surface area contributed by atoms with E-state index in [2.05, 4.69) is 13.8 Å². The van der Waals surface area contributed by atoms with E-state index in [-0.39, 0.29) is 25.0 Å². The lowest BCUT2D eigenvalue weighted by molar-refractivity contribution is -0.140. The monoisotopic (exact) mass is 487 g/mol. The van der Waals surface area contributed by atoms with Crippen molar-refractivity contribution in [3.05, 3.63) is 40.4 Å². The third-order valence-corrected chi connectivity index (χ3v) is 7.32. The molecule has 1 aliphatic heterocycles. The van der Waals surface area contributed by atoms with Gasteiger partial charge in [0, 0.05) is 12.5 Å². The van der Waals surface area contributed by atoms with E-state index in [1.165, 1.54) is 4.90 Å². The number of likely N-dealkylation sites (tertiary alicyclic amines) is 1. The smallest absolute Gasteiger partial charge is 0.233 e. The molecule has 2 heterocycles. The van der Waals surface area contributed by atoms with Crippen molar-refractivity contribution in [3.8, 4) is 0 Å². The summed E-state index contributed by atoms with van der Waals surface area (Å²) in [5.41, 5.74) is 2.93. The number of fused-ring (bicyclic) bond motifs is 1. The lowest BCUT2D eigenvalue weighted by atomic mass is 9.67. The van der Waals surface area contributed by atoms with Crippen LogP contribution in [0.15, 0.2) is 33.3 Å². The van der Waals surface area contributed by atoms with Gasteiger partial charge in [0.25, 0.3) is 0 Å². The van der Waals surface area contributed by atoms with Crippen molar-refractivity contribution in [3.63, 3.8) is 0 Å². The first-order valence-electron chi connectivity index (χ1n) is 13.1. The molecular weight excluding hydrogens is 446 g/mol. The zero-order valence-corrected chi connectivity index (χ0v) is 21.3. The number of carbonyl (C=O) groups is 2. The topological polar surface area (TPSA) is 111 Å². The van der Waals surface area contributed by atoms with Crippen LogP contribution in [-0.4, -0.2) is 51.3 Å². The molecule has 1 saturated heterocycles. The van der Waals surface area contributed by atoms with Gasteiger partial charge in [-0.1, -0.05) is 44.8 Å². The molecule has 4 atom stereocenters. The van der Waals surface area contributed by atoms with E-state index in [4.69, 9.17) is 4.42 Å². The number of furan rings is 1. The lowest BCUT2D eigenvalue weighted by Crippen LogP contribution is -2.39. The number of aliphatic hydroxyl groups excluding tert-OH is 3. The van der Waals surface area contributed by atoms with Gasteiger partial charge in [0.1, 0.15) is 18.1 Å². The average molecular weight is 488 g/mol. The van der Waals surface area contributed by atoms with Crippen molar-refractivity contribution in [1.82, 2.24) is 4.90 Å². The van der Waals surface area contributed by atoms with Gasteiger partial charge in [-0.05, 0) is 62.3 Å². The minimum Gasteiger partial charge on any atom is -0.459 e.